The van der Waals surface area contributed by atoms with Crippen molar-refractivity contribution in [3.63, 3.8) is 0 Å². The molecule has 5 rings (SSSR count). The van der Waals surface area contributed by atoms with Gasteiger partial charge in [-0.05, 0) is 54.8 Å². The Balaban J connectivity index is 1.30. The van der Waals surface area contributed by atoms with E-state index in [4.69, 9.17) is 0 Å². The Morgan fingerprint density at radius 3 is 2.66 bits per heavy atom. The lowest BCUT2D eigenvalue weighted by atomic mass is 10.1. The number of halogens is 3. The summed E-state index contributed by atoms with van der Waals surface area (Å²) in [5.74, 6) is -3.24. The molecule has 0 bridgehead atoms. The molecule has 2 amide bonds. The summed E-state index contributed by atoms with van der Waals surface area (Å²) in [5, 5.41) is 7.18. The first-order chi connectivity index (χ1) is 18.3. The van der Waals surface area contributed by atoms with Gasteiger partial charge in [-0.25, -0.2) is 18.7 Å². The highest BCUT2D eigenvalue weighted by Gasteiger charge is 2.30. The normalized spacial score (nSPS) is 15.1. The molecule has 0 aliphatic carbocycles. The maximum atomic E-state index is 14.6. The highest BCUT2D eigenvalue weighted by Crippen LogP contribution is 2.39. The summed E-state index contributed by atoms with van der Waals surface area (Å²) in [6, 6.07) is 8.55. The van der Waals surface area contributed by atoms with Crippen LogP contribution in [0.5, 0.6) is 0 Å². The van der Waals surface area contributed by atoms with E-state index in [1.807, 2.05) is 10.3 Å². The van der Waals surface area contributed by atoms with Gasteiger partial charge >= 0.3 is 0 Å². The van der Waals surface area contributed by atoms with Crippen molar-refractivity contribution in [2.45, 2.75) is 32.4 Å². The maximum Gasteiger partial charge on any atom is 0.274 e. The number of hydrogen-bond donors (Lipinski definition) is 2. The van der Waals surface area contributed by atoms with Gasteiger partial charge in [-0.1, -0.05) is 0 Å². The minimum absolute atomic E-state index is 0.229. The van der Waals surface area contributed by atoms with Gasteiger partial charge < -0.3 is 14.8 Å². The van der Waals surface area contributed by atoms with E-state index in [0.717, 1.165) is 12.8 Å². The predicted octanol–water partition coefficient (Wildman–Crippen LogP) is 5.36. The summed E-state index contributed by atoms with van der Waals surface area (Å²) in [7, 11) is 0. The third-order valence-electron chi connectivity index (χ3n) is 6.20. The van der Waals surface area contributed by atoms with Crippen molar-refractivity contribution in [1.82, 2.24) is 14.5 Å². The number of amides is 2. The van der Waals surface area contributed by atoms with Gasteiger partial charge in [0, 0.05) is 43.5 Å². The Labute approximate surface area is 220 Å². The number of rotatable bonds is 7. The first kappa shape index (κ1) is 25.5. The van der Waals surface area contributed by atoms with Gasteiger partial charge in [-0.15, -0.1) is 11.3 Å². The molecular formula is C26H23F3N6O2S. The Hall–Kier alpha value is -4.19. The number of carbonyl (C=O) groups excluding carboxylic acids is 2. The van der Waals surface area contributed by atoms with Gasteiger partial charge in [0.05, 0.1) is 11.7 Å². The molecule has 1 aromatic carbocycles. The number of thiazole rings is 1. The van der Waals surface area contributed by atoms with Crippen LogP contribution < -0.4 is 15.5 Å². The van der Waals surface area contributed by atoms with Gasteiger partial charge in [0.1, 0.15) is 11.4 Å². The van der Waals surface area contributed by atoms with Crippen LogP contribution in [0.1, 0.15) is 47.6 Å². The van der Waals surface area contributed by atoms with E-state index >= 15 is 0 Å². The molecule has 1 fully saturated rings. The molecule has 0 saturated carbocycles. The third kappa shape index (κ3) is 5.40. The lowest BCUT2D eigenvalue weighted by Crippen LogP contribution is -2.23. The zero-order valence-corrected chi connectivity index (χ0v) is 21.1. The largest absolute Gasteiger partial charge is 0.363 e. The SMILES string of the molecule is CC(=O)Nc1c(F)cc(N2CCCC2c2csc(NC(=O)c3cccn3Cc3ccnc(F)c3)n2)cc1F. The van der Waals surface area contributed by atoms with Crippen LogP contribution in [-0.2, 0) is 11.3 Å². The van der Waals surface area contributed by atoms with Gasteiger partial charge in [0.15, 0.2) is 16.8 Å². The second-order valence-corrected chi connectivity index (χ2v) is 9.71. The van der Waals surface area contributed by atoms with E-state index in [0.29, 0.717) is 40.9 Å². The lowest BCUT2D eigenvalue weighted by Gasteiger charge is -2.26. The number of benzene rings is 1. The fraction of sp³-hybridized carbons (Fsp3) is 0.231. The fourth-order valence-electron chi connectivity index (χ4n) is 4.56. The van der Waals surface area contributed by atoms with Crippen molar-refractivity contribution in [2.75, 3.05) is 22.1 Å². The molecule has 8 nitrogen and oxygen atoms in total. The van der Waals surface area contributed by atoms with Crippen LogP contribution in [0, 0.1) is 17.6 Å². The average Bonchev–Trinajstić information content (AvgIpc) is 3.62. The molecule has 0 spiro atoms. The third-order valence-corrected chi connectivity index (χ3v) is 6.98. The van der Waals surface area contributed by atoms with Crippen LogP contribution >= 0.6 is 11.3 Å². The van der Waals surface area contributed by atoms with Crippen molar-refractivity contribution in [3.05, 3.63) is 88.7 Å². The molecule has 38 heavy (non-hydrogen) atoms. The number of anilines is 3. The molecule has 12 heteroatoms. The lowest BCUT2D eigenvalue weighted by molar-refractivity contribution is -0.114. The average molecular weight is 541 g/mol. The first-order valence-electron chi connectivity index (χ1n) is 11.8. The van der Waals surface area contributed by atoms with Crippen molar-refractivity contribution < 1.29 is 22.8 Å². The molecule has 1 aliphatic rings. The molecule has 196 valence electrons. The Bertz CT molecular complexity index is 1480. The Morgan fingerprint density at radius 2 is 1.92 bits per heavy atom. The van der Waals surface area contributed by atoms with E-state index in [2.05, 4.69) is 20.6 Å². The maximum absolute atomic E-state index is 14.6. The number of aromatic nitrogens is 3. The highest BCUT2D eigenvalue weighted by atomic mass is 32.1. The number of nitrogens with zero attached hydrogens (tertiary/aromatic N) is 4. The van der Waals surface area contributed by atoms with E-state index in [-0.39, 0.29) is 11.9 Å². The molecule has 1 unspecified atom stereocenters. The van der Waals surface area contributed by atoms with Crippen LogP contribution in [0.25, 0.3) is 0 Å². The molecule has 1 saturated heterocycles. The molecule has 4 aromatic rings. The molecule has 1 aliphatic heterocycles. The standard InChI is InChI=1S/C26H23F3N6O2S/c1-15(36)31-24-18(27)11-17(12-19(24)28)35-9-3-4-21(35)20-14-38-26(32-20)33-25(37)22-5-2-8-34(22)13-16-6-7-30-23(29)10-16/h2,5-8,10-12,14,21H,3-4,9,13H2,1H3,(H,31,36)(H,32,33,37). The summed E-state index contributed by atoms with van der Waals surface area (Å²) in [6.07, 6.45) is 4.62. The van der Waals surface area contributed by atoms with E-state index in [9.17, 15) is 22.8 Å². The number of carbonyl (C=O) groups is 2. The Morgan fingerprint density at radius 1 is 1.13 bits per heavy atom. The molecule has 1 atom stereocenters. The minimum atomic E-state index is -0.857. The summed E-state index contributed by atoms with van der Waals surface area (Å²) in [6.45, 7) is 2.05. The second kappa shape index (κ2) is 10.7. The summed E-state index contributed by atoms with van der Waals surface area (Å²) < 4.78 is 44.3. The van der Waals surface area contributed by atoms with Crippen LogP contribution in [0.4, 0.5) is 29.7 Å². The molecule has 3 aromatic heterocycles. The Kier molecular flexibility index (Phi) is 7.14. The van der Waals surface area contributed by atoms with Crippen molar-refractivity contribution in [2.24, 2.45) is 0 Å². The zero-order valence-electron chi connectivity index (χ0n) is 20.2. The van der Waals surface area contributed by atoms with Crippen LogP contribution in [0.3, 0.4) is 0 Å². The summed E-state index contributed by atoms with van der Waals surface area (Å²) in [4.78, 5) is 34.2. The van der Waals surface area contributed by atoms with Gasteiger partial charge in [0.2, 0.25) is 11.9 Å². The molecular weight excluding hydrogens is 517 g/mol. The molecule has 0 radical (unpaired) electrons. The van der Waals surface area contributed by atoms with Crippen molar-refractivity contribution >= 4 is 39.7 Å². The van der Waals surface area contributed by atoms with Crippen LogP contribution in [0.15, 0.2) is 54.2 Å². The van der Waals surface area contributed by atoms with Crippen LogP contribution in [0.2, 0.25) is 0 Å². The number of hydrogen-bond acceptors (Lipinski definition) is 6. The first-order valence-corrected chi connectivity index (χ1v) is 12.7. The van der Waals surface area contributed by atoms with Crippen molar-refractivity contribution in [3.8, 4) is 0 Å². The van der Waals surface area contributed by atoms with E-state index in [1.54, 1.807) is 29.0 Å². The minimum Gasteiger partial charge on any atom is -0.363 e. The van der Waals surface area contributed by atoms with Crippen LogP contribution in [-0.4, -0.2) is 32.9 Å². The van der Waals surface area contributed by atoms with Gasteiger partial charge in [0.25, 0.3) is 5.91 Å². The fourth-order valence-corrected chi connectivity index (χ4v) is 5.31. The monoisotopic (exact) mass is 540 g/mol. The predicted molar refractivity (Wildman–Crippen MR) is 138 cm³/mol. The topological polar surface area (TPSA) is 92.2 Å². The van der Waals surface area contributed by atoms with Crippen molar-refractivity contribution in [1.29, 1.82) is 0 Å². The summed E-state index contributed by atoms with van der Waals surface area (Å²) in [5.41, 5.74) is 1.59. The number of nitrogens with one attached hydrogen (secondary N) is 2. The molecule has 2 N–H and O–H groups in total. The van der Waals surface area contributed by atoms with E-state index in [1.165, 1.54) is 42.7 Å². The quantitative estimate of drug-likeness (QED) is 0.308. The smallest absolute Gasteiger partial charge is 0.274 e. The number of pyridine rings is 1. The van der Waals surface area contributed by atoms with Gasteiger partial charge in [-0.2, -0.15) is 4.39 Å². The zero-order chi connectivity index (χ0) is 26.8. The van der Waals surface area contributed by atoms with E-state index < -0.39 is 29.2 Å². The second-order valence-electron chi connectivity index (χ2n) is 8.86. The molecule has 4 heterocycles. The van der Waals surface area contributed by atoms with Gasteiger partial charge in [-0.3, -0.25) is 14.9 Å². The highest BCUT2D eigenvalue weighted by molar-refractivity contribution is 7.14. The summed E-state index contributed by atoms with van der Waals surface area (Å²) >= 11 is 1.25.